The number of carbonyl (C=O) groups excluding carboxylic acids is 2. The van der Waals surface area contributed by atoms with Gasteiger partial charge in [-0.05, 0) is 36.1 Å². The summed E-state index contributed by atoms with van der Waals surface area (Å²) in [5.41, 5.74) is 0.148. The van der Waals surface area contributed by atoms with Crippen molar-refractivity contribution in [3.63, 3.8) is 0 Å². The molecule has 0 fully saturated rings. The maximum atomic E-state index is 13.1. The number of halogens is 1. The van der Waals surface area contributed by atoms with E-state index in [0.717, 1.165) is 12.8 Å². The average molecular weight is 435 g/mol. The van der Waals surface area contributed by atoms with Gasteiger partial charge < -0.3 is 19.2 Å². The summed E-state index contributed by atoms with van der Waals surface area (Å²) in [4.78, 5) is 24.4. The van der Waals surface area contributed by atoms with E-state index in [2.05, 4.69) is 15.5 Å². The zero-order chi connectivity index (χ0) is 23.0. The lowest BCUT2D eigenvalue weighted by atomic mass is 9.87. The number of nitrogens with zero attached hydrogens (tertiary/aromatic N) is 2. The number of aromatic nitrogens is 2. The van der Waals surface area contributed by atoms with E-state index >= 15 is 0 Å². The minimum atomic E-state index is -0.772. The molecule has 2 rings (SSSR count). The smallest absolute Gasteiger partial charge is 0.408 e. The largest absolute Gasteiger partial charge is 0.467 e. The summed E-state index contributed by atoms with van der Waals surface area (Å²) < 4.78 is 29.2. The summed E-state index contributed by atoms with van der Waals surface area (Å²) in [7, 11) is 1.28. The maximum absolute atomic E-state index is 13.1. The van der Waals surface area contributed by atoms with Crippen LogP contribution in [0.5, 0.6) is 0 Å². The normalized spacial score (nSPS) is 13.4. The number of esters is 1. The van der Waals surface area contributed by atoms with Crippen molar-refractivity contribution in [1.29, 1.82) is 0 Å². The van der Waals surface area contributed by atoms with Crippen molar-refractivity contribution >= 4 is 12.1 Å². The van der Waals surface area contributed by atoms with Crippen molar-refractivity contribution in [1.82, 2.24) is 15.5 Å². The van der Waals surface area contributed by atoms with Crippen molar-refractivity contribution in [3.8, 4) is 11.5 Å². The van der Waals surface area contributed by atoms with Crippen LogP contribution in [0.3, 0.4) is 0 Å². The summed E-state index contributed by atoms with van der Waals surface area (Å²) in [5, 5.41) is 10.6. The number of nitrogens with one attached hydrogen (secondary N) is 1. The first-order valence-corrected chi connectivity index (χ1v) is 10.3. The van der Waals surface area contributed by atoms with Gasteiger partial charge in [0.25, 0.3) is 0 Å². The minimum Gasteiger partial charge on any atom is -0.467 e. The van der Waals surface area contributed by atoms with Gasteiger partial charge in [-0.25, -0.2) is 14.0 Å². The molecule has 1 aromatic carbocycles. The zero-order valence-electron chi connectivity index (χ0n) is 18.6. The van der Waals surface area contributed by atoms with E-state index in [1.807, 2.05) is 27.7 Å². The molecule has 2 atom stereocenters. The Bertz CT molecular complexity index is 861. The highest BCUT2D eigenvalue weighted by Crippen LogP contribution is 2.27. The second kappa shape index (κ2) is 10.9. The quantitative estimate of drug-likeness (QED) is 0.586. The fourth-order valence-corrected chi connectivity index (χ4v) is 2.83. The number of alkyl carbamates (subject to hydrolysis) is 1. The Labute approximate surface area is 181 Å². The molecule has 0 aliphatic carbocycles. The molecule has 1 amide bonds. The fourth-order valence-electron chi connectivity index (χ4n) is 2.83. The van der Waals surface area contributed by atoms with E-state index < -0.39 is 29.6 Å². The van der Waals surface area contributed by atoms with E-state index in [0.29, 0.717) is 12.0 Å². The third-order valence-electron chi connectivity index (χ3n) is 4.76. The van der Waals surface area contributed by atoms with E-state index in [9.17, 15) is 14.0 Å². The van der Waals surface area contributed by atoms with Crippen molar-refractivity contribution in [2.45, 2.75) is 65.5 Å². The highest BCUT2D eigenvalue weighted by molar-refractivity contribution is 5.81. The standard InChI is InChI=1S/C22H30FN3O5/c1-6-7-8-16(20(27)29-5)24-21(28)30-17(22(2,3)4)13-18-25-26-19(31-18)14-9-11-15(23)12-10-14/h9-12,16-17H,6-8,13H2,1-5H3,(H,24,28)/t16-,17-/m0/s1. The van der Waals surface area contributed by atoms with Crippen LogP contribution in [0.4, 0.5) is 9.18 Å². The highest BCUT2D eigenvalue weighted by atomic mass is 19.1. The molecule has 0 saturated carbocycles. The van der Waals surface area contributed by atoms with Gasteiger partial charge >= 0.3 is 12.1 Å². The highest BCUT2D eigenvalue weighted by Gasteiger charge is 2.32. The fraction of sp³-hybridized carbons (Fsp3) is 0.545. The Morgan fingerprint density at radius 3 is 2.45 bits per heavy atom. The predicted molar refractivity (Wildman–Crippen MR) is 112 cm³/mol. The molecule has 0 bridgehead atoms. The zero-order valence-corrected chi connectivity index (χ0v) is 18.6. The van der Waals surface area contributed by atoms with Crippen LogP contribution in [0.15, 0.2) is 28.7 Å². The molecule has 0 spiro atoms. The number of rotatable bonds is 9. The number of hydrogen-bond donors (Lipinski definition) is 1. The summed E-state index contributed by atoms with van der Waals surface area (Å²) in [5.74, 6) is -0.349. The van der Waals surface area contributed by atoms with Gasteiger partial charge in [0.2, 0.25) is 11.8 Å². The maximum Gasteiger partial charge on any atom is 0.408 e. The van der Waals surface area contributed by atoms with E-state index in [-0.39, 0.29) is 24.0 Å². The van der Waals surface area contributed by atoms with Gasteiger partial charge in [-0.3, -0.25) is 0 Å². The molecule has 9 heteroatoms. The first kappa shape index (κ1) is 24.3. The van der Waals surface area contributed by atoms with Gasteiger partial charge in [0.1, 0.15) is 18.0 Å². The van der Waals surface area contributed by atoms with Crippen molar-refractivity contribution < 1.29 is 27.9 Å². The van der Waals surface area contributed by atoms with Gasteiger partial charge in [-0.15, -0.1) is 10.2 Å². The Balaban J connectivity index is 2.07. The van der Waals surface area contributed by atoms with Crippen LogP contribution in [-0.4, -0.2) is 41.5 Å². The van der Waals surface area contributed by atoms with Crippen LogP contribution in [-0.2, 0) is 20.7 Å². The molecule has 31 heavy (non-hydrogen) atoms. The molecule has 1 N–H and O–H groups in total. The van der Waals surface area contributed by atoms with E-state index in [4.69, 9.17) is 13.9 Å². The average Bonchev–Trinajstić information content (AvgIpc) is 3.18. The molecule has 0 aliphatic rings. The Hall–Kier alpha value is -2.97. The molecule has 1 aromatic heterocycles. The summed E-state index contributed by atoms with van der Waals surface area (Å²) in [6.45, 7) is 7.73. The van der Waals surface area contributed by atoms with Crippen LogP contribution < -0.4 is 5.32 Å². The lowest BCUT2D eigenvalue weighted by Gasteiger charge is -2.30. The molecule has 8 nitrogen and oxygen atoms in total. The summed E-state index contributed by atoms with van der Waals surface area (Å²) in [6.07, 6.45) is 0.967. The van der Waals surface area contributed by atoms with Gasteiger partial charge in [0.15, 0.2) is 0 Å². The van der Waals surface area contributed by atoms with Gasteiger partial charge in [-0.2, -0.15) is 0 Å². The van der Waals surface area contributed by atoms with Crippen molar-refractivity contribution in [2.75, 3.05) is 7.11 Å². The Morgan fingerprint density at radius 1 is 1.19 bits per heavy atom. The van der Waals surface area contributed by atoms with Crippen molar-refractivity contribution in [2.24, 2.45) is 5.41 Å². The van der Waals surface area contributed by atoms with Crippen LogP contribution >= 0.6 is 0 Å². The number of hydrogen-bond acceptors (Lipinski definition) is 7. The third kappa shape index (κ3) is 7.34. The first-order chi connectivity index (χ1) is 14.6. The number of methoxy groups -OCH3 is 1. The van der Waals surface area contributed by atoms with Crippen LogP contribution in [0, 0.1) is 11.2 Å². The number of carbonyl (C=O) groups is 2. The number of amides is 1. The Kier molecular flexibility index (Phi) is 8.53. The second-order valence-corrected chi connectivity index (χ2v) is 8.33. The first-order valence-electron chi connectivity index (χ1n) is 10.3. The lowest BCUT2D eigenvalue weighted by Crippen LogP contribution is -2.45. The third-order valence-corrected chi connectivity index (χ3v) is 4.76. The van der Waals surface area contributed by atoms with Crippen LogP contribution in [0.2, 0.25) is 0 Å². The number of benzene rings is 1. The van der Waals surface area contributed by atoms with Gasteiger partial charge in [0, 0.05) is 5.56 Å². The molecule has 2 aromatic rings. The van der Waals surface area contributed by atoms with Crippen molar-refractivity contribution in [3.05, 3.63) is 36.0 Å². The topological polar surface area (TPSA) is 104 Å². The molecule has 0 aliphatic heterocycles. The van der Waals surface area contributed by atoms with Gasteiger partial charge in [-0.1, -0.05) is 40.5 Å². The molecule has 170 valence electrons. The lowest BCUT2D eigenvalue weighted by molar-refractivity contribution is -0.143. The second-order valence-electron chi connectivity index (χ2n) is 8.33. The monoisotopic (exact) mass is 435 g/mol. The van der Waals surface area contributed by atoms with Crippen LogP contribution in [0.1, 0.15) is 52.8 Å². The van der Waals surface area contributed by atoms with E-state index in [1.165, 1.54) is 19.2 Å². The summed E-state index contributed by atoms with van der Waals surface area (Å²) >= 11 is 0. The van der Waals surface area contributed by atoms with Gasteiger partial charge in [0.05, 0.1) is 13.5 Å². The Morgan fingerprint density at radius 2 is 1.87 bits per heavy atom. The number of ether oxygens (including phenoxy) is 2. The molecular weight excluding hydrogens is 405 g/mol. The minimum absolute atomic E-state index is 0.183. The number of unbranched alkanes of at least 4 members (excludes halogenated alkanes) is 1. The molecule has 0 saturated heterocycles. The summed E-state index contributed by atoms with van der Waals surface area (Å²) in [6, 6.07) is 4.93. The van der Waals surface area contributed by atoms with E-state index in [1.54, 1.807) is 12.1 Å². The predicted octanol–water partition coefficient (Wildman–Crippen LogP) is 4.29. The molecule has 1 heterocycles. The van der Waals surface area contributed by atoms with Crippen LogP contribution in [0.25, 0.3) is 11.5 Å². The molecule has 0 radical (unpaired) electrons. The molecule has 0 unspecified atom stereocenters. The molecular formula is C22H30FN3O5. The SMILES string of the molecule is CCCC[C@H](NC(=O)O[C@@H](Cc1nnc(-c2ccc(F)cc2)o1)C(C)(C)C)C(=O)OC.